The molecule has 1 aromatic rings. The Labute approximate surface area is 129 Å². The van der Waals surface area contributed by atoms with E-state index in [0.29, 0.717) is 11.8 Å². The minimum absolute atomic E-state index is 0.155. The molecule has 1 aromatic carbocycles. The van der Waals surface area contributed by atoms with E-state index in [1.54, 1.807) is 7.11 Å². The van der Waals surface area contributed by atoms with Crippen LogP contribution in [0.5, 0.6) is 5.75 Å². The summed E-state index contributed by atoms with van der Waals surface area (Å²) in [6.07, 6.45) is -3.28. The number of hydrogen-bond donors (Lipinski definition) is 1. The molecule has 0 radical (unpaired) electrons. The summed E-state index contributed by atoms with van der Waals surface area (Å²) in [5.41, 5.74) is 3.20. The highest BCUT2D eigenvalue weighted by molar-refractivity contribution is 5.44. The molecule has 0 aromatic heterocycles. The van der Waals surface area contributed by atoms with Crippen LogP contribution in [0.15, 0.2) is 12.1 Å². The number of methoxy groups -OCH3 is 1. The van der Waals surface area contributed by atoms with Crippen molar-refractivity contribution in [2.45, 2.75) is 45.6 Å². The molecule has 1 aliphatic heterocycles. The van der Waals surface area contributed by atoms with Gasteiger partial charge in [-0.1, -0.05) is 13.0 Å². The summed E-state index contributed by atoms with van der Waals surface area (Å²) < 4.78 is 42.1. The first-order chi connectivity index (χ1) is 10.3. The number of likely N-dealkylation sites (N-methyl/N-ethyl adjacent to an activating group) is 1. The maximum absolute atomic E-state index is 12.2. The predicted molar refractivity (Wildman–Crippen MR) is 80.0 cm³/mol. The van der Waals surface area contributed by atoms with Crippen LogP contribution in [0.25, 0.3) is 0 Å². The second-order valence-corrected chi connectivity index (χ2v) is 5.77. The van der Waals surface area contributed by atoms with Gasteiger partial charge in [-0.2, -0.15) is 13.2 Å². The highest BCUT2D eigenvalue weighted by atomic mass is 19.4. The van der Waals surface area contributed by atoms with E-state index in [2.05, 4.69) is 24.1 Å². The zero-order chi connectivity index (χ0) is 16.3. The third-order valence-corrected chi connectivity index (χ3v) is 4.16. The number of nitrogens with one attached hydrogen (secondary N) is 1. The maximum Gasteiger partial charge on any atom is 0.401 e. The molecule has 22 heavy (non-hydrogen) atoms. The van der Waals surface area contributed by atoms with E-state index in [9.17, 15) is 13.2 Å². The average molecular weight is 316 g/mol. The van der Waals surface area contributed by atoms with Gasteiger partial charge >= 0.3 is 6.18 Å². The van der Waals surface area contributed by atoms with Gasteiger partial charge in [0.2, 0.25) is 0 Å². The van der Waals surface area contributed by atoms with Crippen molar-refractivity contribution in [1.29, 1.82) is 0 Å². The van der Waals surface area contributed by atoms with Gasteiger partial charge in [-0.05, 0) is 37.1 Å². The van der Waals surface area contributed by atoms with Crippen molar-refractivity contribution in [3.05, 3.63) is 28.8 Å². The number of rotatable bonds is 5. The molecule has 0 fully saturated rings. The number of benzene rings is 1. The molecule has 0 saturated heterocycles. The highest BCUT2D eigenvalue weighted by Crippen LogP contribution is 2.30. The van der Waals surface area contributed by atoms with Gasteiger partial charge in [0.1, 0.15) is 5.75 Å². The fourth-order valence-corrected chi connectivity index (χ4v) is 2.97. The average Bonchev–Trinajstić information content (AvgIpc) is 2.44. The van der Waals surface area contributed by atoms with Gasteiger partial charge < -0.3 is 10.1 Å². The Kier molecular flexibility index (Phi) is 5.34. The van der Waals surface area contributed by atoms with Gasteiger partial charge in [-0.3, -0.25) is 4.90 Å². The minimum Gasteiger partial charge on any atom is -0.496 e. The first-order valence-electron chi connectivity index (χ1n) is 7.54. The van der Waals surface area contributed by atoms with Crippen molar-refractivity contribution in [1.82, 2.24) is 10.2 Å². The van der Waals surface area contributed by atoms with Gasteiger partial charge in [-0.15, -0.1) is 0 Å². The number of nitrogens with zero attached hydrogens (tertiary/aromatic N) is 1. The van der Waals surface area contributed by atoms with Crippen LogP contribution >= 0.6 is 0 Å². The van der Waals surface area contributed by atoms with E-state index >= 15 is 0 Å². The van der Waals surface area contributed by atoms with E-state index in [4.69, 9.17) is 4.74 Å². The molecular weight excluding hydrogens is 293 g/mol. The van der Waals surface area contributed by atoms with E-state index in [0.717, 1.165) is 25.1 Å². The van der Waals surface area contributed by atoms with Gasteiger partial charge in [0.15, 0.2) is 0 Å². The van der Waals surface area contributed by atoms with Crippen LogP contribution < -0.4 is 10.1 Å². The van der Waals surface area contributed by atoms with Crippen LogP contribution in [0, 0.1) is 0 Å². The summed E-state index contributed by atoms with van der Waals surface area (Å²) in [5, 5.41) is 2.44. The largest absolute Gasteiger partial charge is 0.496 e. The van der Waals surface area contributed by atoms with Gasteiger partial charge in [0.25, 0.3) is 0 Å². The molecule has 1 atom stereocenters. The van der Waals surface area contributed by atoms with Crippen molar-refractivity contribution in [3.63, 3.8) is 0 Å². The summed E-state index contributed by atoms with van der Waals surface area (Å²) in [4.78, 5) is 2.38. The Bertz CT molecular complexity index is 517. The zero-order valence-electron chi connectivity index (χ0n) is 13.3. The standard InChI is InChI=1S/C16H23F3N2O/c1-4-21-9-14-7-15(22-3)13(6-12(14)5-11(21)2)8-20-10-16(17,18)19/h6-7,11,20H,4-5,8-10H2,1-3H3. The topological polar surface area (TPSA) is 24.5 Å². The zero-order valence-corrected chi connectivity index (χ0v) is 13.3. The number of fused-ring (bicyclic) bond motifs is 1. The van der Waals surface area contributed by atoms with Crippen LogP contribution in [0.4, 0.5) is 13.2 Å². The summed E-state index contributed by atoms with van der Waals surface area (Å²) >= 11 is 0. The fraction of sp³-hybridized carbons (Fsp3) is 0.625. The van der Waals surface area contributed by atoms with E-state index in [1.165, 1.54) is 11.1 Å². The summed E-state index contributed by atoms with van der Waals surface area (Å²) in [5.74, 6) is 0.652. The number of hydrogen-bond acceptors (Lipinski definition) is 3. The van der Waals surface area contributed by atoms with Gasteiger partial charge in [-0.25, -0.2) is 0 Å². The number of ether oxygens (including phenoxy) is 1. The lowest BCUT2D eigenvalue weighted by molar-refractivity contribution is -0.125. The second kappa shape index (κ2) is 6.87. The monoisotopic (exact) mass is 316 g/mol. The quantitative estimate of drug-likeness (QED) is 0.903. The molecule has 124 valence electrons. The SMILES string of the molecule is CCN1Cc2cc(OC)c(CNCC(F)(F)F)cc2CC1C. The van der Waals surface area contributed by atoms with Crippen molar-refractivity contribution in [2.24, 2.45) is 0 Å². The highest BCUT2D eigenvalue weighted by Gasteiger charge is 2.27. The van der Waals surface area contributed by atoms with Gasteiger partial charge in [0.05, 0.1) is 13.7 Å². The van der Waals surface area contributed by atoms with Crippen molar-refractivity contribution in [3.8, 4) is 5.75 Å². The van der Waals surface area contributed by atoms with Crippen LogP contribution in [0.2, 0.25) is 0 Å². The van der Waals surface area contributed by atoms with Crippen LogP contribution in [-0.4, -0.2) is 37.3 Å². The smallest absolute Gasteiger partial charge is 0.401 e. The minimum atomic E-state index is -4.20. The molecule has 0 amide bonds. The molecule has 1 unspecified atom stereocenters. The molecule has 1 heterocycles. The first kappa shape index (κ1) is 17.1. The van der Waals surface area contributed by atoms with Crippen LogP contribution in [0.1, 0.15) is 30.5 Å². The molecule has 2 rings (SSSR count). The van der Waals surface area contributed by atoms with E-state index in [-0.39, 0.29) is 6.54 Å². The summed E-state index contributed by atoms with van der Waals surface area (Å²) in [7, 11) is 1.55. The number of alkyl halides is 3. The molecular formula is C16H23F3N2O. The first-order valence-corrected chi connectivity index (χ1v) is 7.54. The lowest BCUT2D eigenvalue weighted by Crippen LogP contribution is -2.38. The molecule has 0 aliphatic carbocycles. The lowest BCUT2D eigenvalue weighted by atomic mass is 9.92. The summed E-state index contributed by atoms with van der Waals surface area (Å²) in [6, 6.07) is 4.40. The van der Waals surface area contributed by atoms with Gasteiger partial charge in [0, 0.05) is 24.7 Å². The molecule has 1 aliphatic rings. The third-order valence-electron chi connectivity index (χ3n) is 4.16. The Hall–Kier alpha value is -1.27. The van der Waals surface area contributed by atoms with Crippen molar-refractivity contribution >= 4 is 0 Å². The molecule has 3 nitrogen and oxygen atoms in total. The fourth-order valence-electron chi connectivity index (χ4n) is 2.97. The summed E-state index contributed by atoms with van der Waals surface area (Å²) in [6.45, 7) is 5.32. The maximum atomic E-state index is 12.2. The van der Waals surface area contributed by atoms with E-state index < -0.39 is 12.7 Å². The van der Waals surface area contributed by atoms with Crippen molar-refractivity contribution < 1.29 is 17.9 Å². The number of halogens is 3. The predicted octanol–water partition coefficient (Wildman–Crippen LogP) is 3.11. The Balaban J connectivity index is 2.16. The molecule has 1 N–H and O–H groups in total. The van der Waals surface area contributed by atoms with E-state index in [1.807, 2.05) is 12.1 Å². The Morgan fingerprint density at radius 3 is 2.64 bits per heavy atom. The molecule has 0 bridgehead atoms. The Morgan fingerprint density at radius 2 is 2.05 bits per heavy atom. The Morgan fingerprint density at radius 1 is 1.32 bits per heavy atom. The van der Waals surface area contributed by atoms with Crippen LogP contribution in [-0.2, 0) is 19.5 Å². The lowest BCUT2D eigenvalue weighted by Gasteiger charge is -2.34. The molecule has 6 heteroatoms. The van der Waals surface area contributed by atoms with Crippen molar-refractivity contribution in [2.75, 3.05) is 20.2 Å². The van der Waals surface area contributed by atoms with Crippen LogP contribution in [0.3, 0.4) is 0 Å². The molecule has 0 spiro atoms. The molecule has 0 saturated carbocycles. The second-order valence-electron chi connectivity index (χ2n) is 5.77. The third kappa shape index (κ3) is 4.14. The normalized spacial score (nSPS) is 19.1.